The number of Topliss-reactive ketones (excluding diaryl/α,β-unsaturated/α-hetero) is 1. The monoisotopic (exact) mass is 368 g/mol. The molecule has 5 rings (SSSR count). The zero-order valence-corrected chi connectivity index (χ0v) is 15.5. The molecule has 0 unspecified atom stereocenters. The fourth-order valence-electron chi connectivity index (χ4n) is 4.59. The summed E-state index contributed by atoms with van der Waals surface area (Å²) in [4.78, 5) is 29.0. The second-order valence-corrected chi connectivity index (χ2v) is 8.52. The highest BCUT2D eigenvalue weighted by molar-refractivity contribution is 6.31. The third kappa shape index (κ3) is 3.26. The minimum absolute atomic E-state index is 0.0105. The van der Waals surface area contributed by atoms with E-state index in [0.717, 1.165) is 30.4 Å². The molecular formula is C21H21ClN2O2. The quantitative estimate of drug-likeness (QED) is 0.844. The Balaban J connectivity index is 1.39. The molecule has 26 heavy (non-hydrogen) atoms. The fourth-order valence-corrected chi connectivity index (χ4v) is 4.79. The third-order valence-electron chi connectivity index (χ3n) is 5.48. The summed E-state index contributed by atoms with van der Waals surface area (Å²) in [5.74, 6) is -0.0878. The number of rotatable bonds is 6. The van der Waals surface area contributed by atoms with Crippen LogP contribution in [0.3, 0.4) is 0 Å². The number of nitrogens with one attached hydrogen (secondary N) is 1. The van der Waals surface area contributed by atoms with E-state index < -0.39 is 0 Å². The van der Waals surface area contributed by atoms with Crippen LogP contribution in [-0.4, -0.2) is 22.2 Å². The van der Waals surface area contributed by atoms with E-state index in [4.69, 9.17) is 11.6 Å². The van der Waals surface area contributed by atoms with Gasteiger partial charge in [-0.3, -0.25) is 14.6 Å². The summed E-state index contributed by atoms with van der Waals surface area (Å²) < 4.78 is 0. The summed E-state index contributed by atoms with van der Waals surface area (Å²) in [7, 11) is 0. The van der Waals surface area contributed by atoms with Crippen LogP contribution in [0, 0.1) is 5.41 Å². The van der Waals surface area contributed by atoms with Gasteiger partial charge in [0.15, 0.2) is 0 Å². The van der Waals surface area contributed by atoms with Crippen molar-refractivity contribution in [3.05, 3.63) is 64.4 Å². The molecule has 3 aliphatic rings. The van der Waals surface area contributed by atoms with Crippen molar-refractivity contribution in [2.24, 2.45) is 5.41 Å². The molecule has 4 nitrogen and oxygen atoms in total. The van der Waals surface area contributed by atoms with Gasteiger partial charge in [-0.05, 0) is 54.0 Å². The van der Waals surface area contributed by atoms with Crippen LogP contribution in [0.15, 0.2) is 42.6 Å². The summed E-state index contributed by atoms with van der Waals surface area (Å²) in [6, 6.07) is 10.8. The summed E-state index contributed by atoms with van der Waals surface area (Å²) in [6.07, 6.45) is 5.31. The lowest BCUT2D eigenvalue weighted by Crippen LogP contribution is -2.73. The molecule has 2 aromatic rings. The van der Waals surface area contributed by atoms with Crippen molar-refractivity contribution in [3.63, 3.8) is 0 Å². The maximum absolute atomic E-state index is 12.5. The van der Waals surface area contributed by atoms with Crippen molar-refractivity contribution in [1.29, 1.82) is 0 Å². The van der Waals surface area contributed by atoms with Crippen LogP contribution < -0.4 is 5.32 Å². The number of amides is 1. The fraction of sp³-hybridized carbons (Fsp3) is 0.381. The first-order chi connectivity index (χ1) is 12.4. The van der Waals surface area contributed by atoms with Gasteiger partial charge in [-0.1, -0.05) is 36.7 Å². The van der Waals surface area contributed by atoms with Crippen molar-refractivity contribution in [3.8, 4) is 0 Å². The number of pyridine rings is 1. The molecule has 0 radical (unpaired) electrons. The largest absolute Gasteiger partial charge is 0.345 e. The lowest BCUT2D eigenvalue weighted by atomic mass is 9.40. The molecule has 3 aliphatic carbocycles. The van der Waals surface area contributed by atoms with Gasteiger partial charge in [0.1, 0.15) is 11.5 Å². The summed E-state index contributed by atoms with van der Waals surface area (Å²) in [6.45, 7) is 2.25. The van der Waals surface area contributed by atoms with E-state index in [2.05, 4.69) is 17.2 Å². The SMILES string of the molecule is CC12CC(NC(=O)c3cc(CC(=O)Cc4ccccc4Cl)ccn3)(C1)C2. The molecule has 0 aliphatic heterocycles. The Kier molecular flexibility index (Phi) is 4.11. The van der Waals surface area contributed by atoms with Crippen LogP contribution in [0.1, 0.15) is 47.8 Å². The predicted octanol–water partition coefficient (Wildman–Crippen LogP) is 3.76. The Labute approximate surface area is 158 Å². The van der Waals surface area contributed by atoms with Crippen molar-refractivity contribution in [2.75, 3.05) is 0 Å². The number of halogens is 1. The van der Waals surface area contributed by atoms with Crippen LogP contribution in [0.2, 0.25) is 5.02 Å². The lowest BCUT2D eigenvalue weighted by molar-refractivity contribution is -0.132. The number of carbonyl (C=O) groups is 2. The summed E-state index contributed by atoms with van der Waals surface area (Å²) in [5.41, 5.74) is 2.43. The molecule has 1 amide bonds. The normalized spacial score (nSPS) is 25.8. The van der Waals surface area contributed by atoms with E-state index in [1.165, 1.54) is 0 Å². The lowest BCUT2D eigenvalue weighted by Gasteiger charge is -2.69. The van der Waals surface area contributed by atoms with Gasteiger partial charge < -0.3 is 5.32 Å². The number of ketones is 1. The van der Waals surface area contributed by atoms with E-state index in [1.54, 1.807) is 24.4 Å². The average molecular weight is 369 g/mol. The molecular weight excluding hydrogens is 348 g/mol. The van der Waals surface area contributed by atoms with E-state index >= 15 is 0 Å². The molecule has 1 aromatic carbocycles. The van der Waals surface area contributed by atoms with Gasteiger partial charge in [0, 0.05) is 29.6 Å². The maximum Gasteiger partial charge on any atom is 0.270 e. The summed E-state index contributed by atoms with van der Waals surface area (Å²) in [5, 5.41) is 3.72. The molecule has 1 heterocycles. The number of hydrogen-bond acceptors (Lipinski definition) is 3. The molecule has 2 bridgehead atoms. The van der Waals surface area contributed by atoms with Crippen molar-refractivity contribution in [2.45, 2.75) is 44.6 Å². The van der Waals surface area contributed by atoms with Gasteiger partial charge in [-0.2, -0.15) is 0 Å². The number of carbonyl (C=O) groups excluding carboxylic acids is 2. The smallest absolute Gasteiger partial charge is 0.270 e. The number of aromatic nitrogens is 1. The minimum Gasteiger partial charge on any atom is -0.345 e. The van der Waals surface area contributed by atoms with E-state index in [9.17, 15) is 9.59 Å². The molecule has 134 valence electrons. The van der Waals surface area contributed by atoms with E-state index in [1.807, 2.05) is 18.2 Å². The highest BCUT2D eigenvalue weighted by atomic mass is 35.5. The van der Waals surface area contributed by atoms with Crippen LogP contribution in [0.5, 0.6) is 0 Å². The van der Waals surface area contributed by atoms with Gasteiger partial charge in [0.25, 0.3) is 5.91 Å². The highest BCUT2D eigenvalue weighted by Crippen LogP contribution is 2.66. The Morgan fingerprint density at radius 2 is 1.88 bits per heavy atom. The van der Waals surface area contributed by atoms with Gasteiger partial charge in [0.05, 0.1) is 0 Å². The van der Waals surface area contributed by atoms with Crippen LogP contribution in [0.25, 0.3) is 0 Å². The predicted molar refractivity (Wildman–Crippen MR) is 100 cm³/mol. The Hall–Kier alpha value is -2.20. The Bertz CT molecular complexity index is 873. The second kappa shape index (κ2) is 6.20. The average Bonchev–Trinajstić information content (AvgIpc) is 2.54. The number of benzene rings is 1. The van der Waals surface area contributed by atoms with Crippen LogP contribution in [-0.2, 0) is 17.6 Å². The molecule has 0 atom stereocenters. The van der Waals surface area contributed by atoms with Gasteiger partial charge in [0.2, 0.25) is 0 Å². The zero-order valence-electron chi connectivity index (χ0n) is 14.7. The molecule has 1 aromatic heterocycles. The molecule has 5 heteroatoms. The molecule has 3 saturated carbocycles. The molecule has 0 spiro atoms. The minimum atomic E-state index is -0.146. The first-order valence-electron chi connectivity index (χ1n) is 8.89. The first kappa shape index (κ1) is 17.2. The number of hydrogen-bond donors (Lipinski definition) is 1. The van der Waals surface area contributed by atoms with Crippen molar-refractivity contribution >= 4 is 23.3 Å². The Morgan fingerprint density at radius 1 is 1.15 bits per heavy atom. The molecule has 0 saturated heterocycles. The van der Waals surface area contributed by atoms with Crippen molar-refractivity contribution < 1.29 is 9.59 Å². The topological polar surface area (TPSA) is 59.1 Å². The van der Waals surface area contributed by atoms with Crippen molar-refractivity contribution in [1.82, 2.24) is 10.3 Å². The van der Waals surface area contributed by atoms with Crippen LogP contribution in [0.4, 0.5) is 0 Å². The standard InChI is InChI=1S/C21H21ClN2O2/c1-20-11-21(12-20,13-20)24-19(26)18-9-14(6-7-23-18)8-16(25)10-15-4-2-3-5-17(15)22/h2-7,9H,8,10-13H2,1H3,(H,24,26). The molecule has 1 N–H and O–H groups in total. The zero-order chi connectivity index (χ0) is 18.4. The van der Waals surface area contributed by atoms with Gasteiger partial charge >= 0.3 is 0 Å². The molecule has 3 fully saturated rings. The third-order valence-corrected chi connectivity index (χ3v) is 5.85. The van der Waals surface area contributed by atoms with E-state index in [-0.39, 0.29) is 30.1 Å². The first-order valence-corrected chi connectivity index (χ1v) is 9.27. The van der Waals surface area contributed by atoms with E-state index in [0.29, 0.717) is 16.1 Å². The van der Waals surface area contributed by atoms with Gasteiger partial charge in [-0.15, -0.1) is 0 Å². The Morgan fingerprint density at radius 3 is 2.58 bits per heavy atom. The maximum atomic E-state index is 12.5. The number of nitrogens with zero attached hydrogens (tertiary/aromatic N) is 1. The summed E-state index contributed by atoms with van der Waals surface area (Å²) >= 11 is 6.12. The highest BCUT2D eigenvalue weighted by Gasteiger charge is 2.65. The van der Waals surface area contributed by atoms with Crippen LogP contribution >= 0.6 is 11.6 Å². The second-order valence-electron chi connectivity index (χ2n) is 8.11. The van der Waals surface area contributed by atoms with Gasteiger partial charge in [-0.25, -0.2) is 0 Å².